The molecule has 1 amide bonds. The van der Waals surface area contributed by atoms with Crippen LogP contribution in [0.5, 0.6) is 0 Å². The highest BCUT2D eigenvalue weighted by Gasteiger charge is 2.07. The lowest BCUT2D eigenvalue weighted by Gasteiger charge is -2.16. The van der Waals surface area contributed by atoms with E-state index in [1.807, 2.05) is 25.2 Å². The van der Waals surface area contributed by atoms with Gasteiger partial charge >= 0.3 is 0 Å². The summed E-state index contributed by atoms with van der Waals surface area (Å²) in [6.07, 6.45) is 4.15. The van der Waals surface area contributed by atoms with Crippen molar-refractivity contribution in [3.8, 4) is 0 Å². The molecule has 0 heterocycles. The Bertz CT molecular complexity index is 338. The fourth-order valence-corrected chi connectivity index (χ4v) is 1.85. The lowest BCUT2D eigenvalue weighted by Crippen LogP contribution is -2.27. The van der Waals surface area contributed by atoms with Gasteiger partial charge in [0.2, 0.25) is 5.91 Å². The number of aliphatic hydroxyl groups excluding tert-OH is 1. The van der Waals surface area contributed by atoms with Crippen molar-refractivity contribution in [1.82, 2.24) is 4.90 Å². The molecule has 0 spiro atoms. The van der Waals surface area contributed by atoms with Crippen LogP contribution >= 0.6 is 0 Å². The highest BCUT2D eigenvalue weighted by Crippen LogP contribution is 2.05. The molecule has 0 aromatic heterocycles. The van der Waals surface area contributed by atoms with Gasteiger partial charge in [0.25, 0.3) is 0 Å². The summed E-state index contributed by atoms with van der Waals surface area (Å²) in [5.41, 5.74) is 1.21. The predicted octanol–water partition coefficient (Wildman–Crippen LogP) is 2.24. The molecule has 0 aliphatic rings. The Morgan fingerprint density at radius 3 is 2.56 bits per heavy atom. The number of benzene rings is 1. The van der Waals surface area contributed by atoms with Crippen molar-refractivity contribution in [1.29, 1.82) is 0 Å². The van der Waals surface area contributed by atoms with Gasteiger partial charge < -0.3 is 10.0 Å². The van der Waals surface area contributed by atoms with Gasteiger partial charge in [-0.15, -0.1) is 0 Å². The standard InChI is InChI=1S/C15H23NO2/c1-16(12-6-3-7-13-17)15(18)11-10-14-8-4-2-5-9-14/h2,4-5,8-9,17H,3,6-7,10-13H2,1H3. The molecule has 1 aromatic rings. The molecule has 1 rings (SSSR count). The number of carbonyl (C=O) groups is 1. The fourth-order valence-electron chi connectivity index (χ4n) is 1.85. The summed E-state index contributed by atoms with van der Waals surface area (Å²) < 4.78 is 0. The van der Waals surface area contributed by atoms with E-state index in [-0.39, 0.29) is 12.5 Å². The molecule has 0 unspecified atom stereocenters. The number of carbonyl (C=O) groups excluding carboxylic acids is 1. The average Bonchev–Trinajstić information content (AvgIpc) is 2.42. The van der Waals surface area contributed by atoms with Crippen molar-refractivity contribution in [2.75, 3.05) is 20.2 Å². The highest BCUT2D eigenvalue weighted by atomic mass is 16.2. The van der Waals surface area contributed by atoms with Crippen molar-refractivity contribution in [2.24, 2.45) is 0 Å². The van der Waals surface area contributed by atoms with E-state index in [4.69, 9.17) is 5.11 Å². The summed E-state index contributed by atoms with van der Waals surface area (Å²) in [6, 6.07) is 10.1. The number of amides is 1. The lowest BCUT2D eigenvalue weighted by atomic mass is 10.1. The van der Waals surface area contributed by atoms with Crippen molar-refractivity contribution < 1.29 is 9.90 Å². The minimum absolute atomic E-state index is 0.197. The van der Waals surface area contributed by atoms with Crippen LogP contribution in [0.25, 0.3) is 0 Å². The van der Waals surface area contributed by atoms with Gasteiger partial charge in [0.05, 0.1) is 0 Å². The number of nitrogens with zero attached hydrogens (tertiary/aromatic N) is 1. The third-order valence-electron chi connectivity index (χ3n) is 3.05. The van der Waals surface area contributed by atoms with Gasteiger partial charge in [-0.3, -0.25) is 4.79 Å². The Kier molecular flexibility index (Phi) is 7.11. The van der Waals surface area contributed by atoms with Crippen LogP contribution in [0, 0.1) is 0 Å². The van der Waals surface area contributed by atoms with Crippen LogP contribution in [0.4, 0.5) is 0 Å². The van der Waals surface area contributed by atoms with Crippen LogP contribution in [0.2, 0.25) is 0 Å². The maximum Gasteiger partial charge on any atom is 0.222 e. The molecule has 0 fully saturated rings. The summed E-state index contributed by atoms with van der Waals surface area (Å²) >= 11 is 0. The van der Waals surface area contributed by atoms with Crippen LogP contribution in [-0.4, -0.2) is 36.1 Å². The largest absolute Gasteiger partial charge is 0.396 e. The first-order valence-electron chi connectivity index (χ1n) is 6.63. The van der Waals surface area contributed by atoms with E-state index < -0.39 is 0 Å². The van der Waals surface area contributed by atoms with Crippen LogP contribution in [-0.2, 0) is 11.2 Å². The molecule has 3 heteroatoms. The van der Waals surface area contributed by atoms with E-state index in [1.54, 1.807) is 4.90 Å². The van der Waals surface area contributed by atoms with Gasteiger partial charge in [-0.05, 0) is 31.2 Å². The molecule has 0 atom stereocenters. The molecule has 18 heavy (non-hydrogen) atoms. The maximum absolute atomic E-state index is 11.9. The highest BCUT2D eigenvalue weighted by molar-refractivity contribution is 5.76. The lowest BCUT2D eigenvalue weighted by molar-refractivity contribution is -0.129. The molecule has 0 radical (unpaired) electrons. The number of hydrogen-bond donors (Lipinski definition) is 1. The van der Waals surface area contributed by atoms with Crippen LogP contribution in [0.3, 0.4) is 0 Å². The third kappa shape index (κ3) is 5.82. The maximum atomic E-state index is 11.9. The number of unbranched alkanes of at least 4 members (excludes halogenated alkanes) is 2. The molecule has 0 saturated carbocycles. The zero-order valence-corrected chi connectivity index (χ0v) is 11.1. The monoisotopic (exact) mass is 249 g/mol. The van der Waals surface area contributed by atoms with Crippen LogP contribution in [0.15, 0.2) is 30.3 Å². The second kappa shape index (κ2) is 8.70. The van der Waals surface area contributed by atoms with E-state index in [2.05, 4.69) is 12.1 Å². The second-order valence-corrected chi connectivity index (χ2v) is 4.59. The number of aliphatic hydroxyl groups is 1. The van der Waals surface area contributed by atoms with Crippen LogP contribution < -0.4 is 0 Å². The quantitative estimate of drug-likeness (QED) is 0.718. The molecular formula is C15H23NO2. The van der Waals surface area contributed by atoms with E-state index in [1.165, 1.54) is 5.56 Å². The molecule has 0 saturated heterocycles. The number of hydrogen-bond acceptors (Lipinski definition) is 2. The Labute approximate surface area is 109 Å². The Morgan fingerprint density at radius 2 is 1.89 bits per heavy atom. The van der Waals surface area contributed by atoms with Gasteiger partial charge in [0.15, 0.2) is 0 Å². The van der Waals surface area contributed by atoms with Crippen molar-refractivity contribution in [3.63, 3.8) is 0 Å². The van der Waals surface area contributed by atoms with Crippen molar-refractivity contribution in [3.05, 3.63) is 35.9 Å². The smallest absolute Gasteiger partial charge is 0.222 e. The first-order chi connectivity index (χ1) is 8.74. The minimum atomic E-state index is 0.197. The van der Waals surface area contributed by atoms with Crippen molar-refractivity contribution >= 4 is 5.91 Å². The SMILES string of the molecule is CN(CCCCCO)C(=O)CCc1ccccc1. The van der Waals surface area contributed by atoms with Gasteiger partial charge in [-0.25, -0.2) is 0 Å². The molecule has 0 aliphatic heterocycles. The molecule has 100 valence electrons. The topological polar surface area (TPSA) is 40.5 Å². The van der Waals surface area contributed by atoms with E-state index in [9.17, 15) is 4.79 Å². The van der Waals surface area contributed by atoms with E-state index in [0.29, 0.717) is 6.42 Å². The zero-order chi connectivity index (χ0) is 13.2. The minimum Gasteiger partial charge on any atom is -0.396 e. The van der Waals surface area contributed by atoms with Gasteiger partial charge in [-0.1, -0.05) is 30.3 Å². The first-order valence-corrected chi connectivity index (χ1v) is 6.63. The second-order valence-electron chi connectivity index (χ2n) is 4.59. The van der Waals surface area contributed by atoms with Gasteiger partial charge in [0.1, 0.15) is 0 Å². The van der Waals surface area contributed by atoms with E-state index >= 15 is 0 Å². The third-order valence-corrected chi connectivity index (χ3v) is 3.05. The Hall–Kier alpha value is -1.35. The van der Waals surface area contributed by atoms with Gasteiger partial charge in [-0.2, -0.15) is 0 Å². The Morgan fingerprint density at radius 1 is 1.17 bits per heavy atom. The van der Waals surface area contributed by atoms with Crippen LogP contribution in [0.1, 0.15) is 31.2 Å². The summed E-state index contributed by atoms with van der Waals surface area (Å²) in [7, 11) is 1.85. The summed E-state index contributed by atoms with van der Waals surface area (Å²) in [4.78, 5) is 13.6. The number of aryl methyl sites for hydroxylation is 1. The zero-order valence-electron chi connectivity index (χ0n) is 11.1. The summed E-state index contributed by atoms with van der Waals surface area (Å²) in [5, 5.41) is 8.67. The molecule has 0 aliphatic carbocycles. The molecule has 1 N–H and O–H groups in total. The summed E-state index contributed by atoms with van der Waals surface area (Å²) in [6.45, 7) is 1.03. The first kappa shape index (κ1) is 14.7. The van der Waals surface area contributed by atoms with E-state index in [0.717, 1.165) is 32.2 Å². The fraction of sp³-hybridized carbons (Fsp3) is 0.533. The molecule has 3 nitrogen and oxygen atoms in total. The van der Waals surface area contributed by atoms with Crippen molar-refractivity contribution in [2.45, 2.75) is 32.1 Å². The molecule has 1 aromatic carbocycles. The average molecular weight is 249 g/mol. The number of rotatable bonds is 8. The molecule has 0 bridgehead atoms. The summed E-state index contributed by atoms with van der Waals surface area (Å²) in [5.74, 6) is 0.197. The Balaban J connectivity index is 2.19. The predicted molar refractivity (Wildman–Crippen MR) is 73.3 cm³/mol. The van der Waals surface area contributed by atoms with Gasteiger partial charge in [0, 0.05) is 26.6 Å². The molecular weight excluding hydrogens is 226 g/mol. The normalized spacial score (nSPS) is 10.3.